The summed E-state index contributed by atoms with van der Waals surface area (Å²) in [6.45, 7) is 1.07. The molecule has 0 aliphatic carbocycles. The second-order valence-electron chi connectivity index (χ2n) is 7.32. The zero-order valence-corrected chi connectivity index (χ0v) is 19.1. The van der Waals surface area contributed by atoms with Crippen molar-refractivity contribution >= 4 is 17.4 Å². The first kappa shape index (κ1) is 28.1. The van der Waals surface area contributed by atoms with Gasteiger partial charge in [-0.3, -0.25) is 9.59 Å². The van der Waals surface area contributed by atoms with Crippen LogP contribution in [0.1, 0.15) is 33.3 Å². The first-order valence-corrected chi connectivity index (χ1v) is 10.1. The third kappa shape index (κ3) is 6.46. The van der Waals surface area contributed by atoms with E-state index in [2.05, 4.69) is 9.72 Å². The molecular weight excluding hydrogens is 536 g/mol. The standard InChI is InChI=1S/C23H14F8N2O5/c1-10(34)14-8-15(13(24)9-32-14)33-21(35)19-17(6-4-12(20(19)25)22(26,27)28)37-16-5-3-11(7-18(16)36-2)38-23(29,30)31/h3-9H,1-2H3,(H,32,33,35). The van der Waals surface area contributed by atoms with E-state index >= 15 is 4.39 Å². The number of nitrogens with zero attached hydrogens (tertiary/aromatic N) is 1. The number of hydrogen-bond donors (Lipinski definition) is 1. The highest BCUT2D eigenvalue weighted by atomic mass is 19.4. The first-order valence-electron chi connectivity index (χ1n) is 10.1. The molecule has 0 fully saturated rings. The molecule has 3 aromatic rings. The Morgan fingerprint density at radius 3 is 2.16 bits per heavy atom. The molecule has 2 aromatic carbocycles. The highest BCUT2D eigenvalue weighted by Crippen LogP contribution is 2.41. The van der Waals surface area contributed by atoms with Crippen molar-refractivity contribution in [1.82, 2.24) is 4.98 Å². The number of halogens is 8. The van der Waals surface area contributed by atoms with Gasteiger partial charge in [-0.05, 0) is 30.3 Å². The van der Waals surface area contributed by atoms with E-state index in [4.69, 9.17) is 9.47 Å². The number of ketones is 1. The van der Waals surface area contributed by atoms with Crippen molar-refractivity contribution in [3.8, 4) is 23.0 Å². The second kappa shape index (κ2) is 10.5. The molecule has 15 heteroatoms. The molecule has 0 unspecified atom stereocenters. The summed E-state index contributed by atoms with van der Waals surface area (Å²) in [6, 6.07) is 3.96. The van der Waals surface area contributed by atoms with Crippen LogP contribution in [0.2, 0.25) is 0 Å². The van der Waals surface area contributed by atoms with Crippen molar-refractivity contribution in [2.24, 2.45) is 0 Å². The molecule has 0 bridgehead atoms. The van der Waals surface area contributed by atoms with E-state index in [1.54, 1.807) is 0 Å². The van der Waals surface area contributed by atoms with Crippen molar-refractivity contribution in [3.05, 3.63) is 71.1 Å². The number of carbonyl (C=O) groups is 2. The number of anilines is 1. The van der Waals surface area contributed by atoms with Crippen LogP contribution in [0.5, 0.6) is 23.0 Å². The number of hydrogen-bond acceptors (Lipinski definition) is 6. The molecule has 1 amide bonds. The van der Waals surface area contributed by atoms with Crippen LogP contribution >= 0.6 is 0 Å². The zero-order valence-electron chi connectivity index (χ0n) is 19.1. The number of carbonyl (C=O) groups excluding carboxylic acids is 2. The number of alkyl halides is 6. The smallest absolute Gasteiger partial charge is 0.493 e. The average Bonchev–Trinajstić information content (AvgIpc) is 2.79. The molecule has 0 atom stereocenters. The number of methoxy groups -OCH3 is 1. The van der Waals surface area contributed by atoms with Gasteiger partial charge in [-0.1, -0.05) is 0 Å². The fourth-order valence-electron chi connectivity index (χ4n) is 3.03. The van der Waals surface area contributed by atoms with Gasteiger partial charge in [0.25, 0.3) is 5.91 Å². The molecule has 1 heterocycles. The summed E-state index contributed by atoms with van der Waals surface area (Å²) in [5, 5.41) is 1.86. The summed E-state index contributed by atoms with van der Waals surface area (Å²) in [5.74, 6) is -7.98. The van der Waals surface area contributed by atoms with Gasteiger partial charge in [0.15, 0.2) is 28.9 Å². The average molecular weight is 550 g/mol. The van der Waals surface area contributed by atoms with Gasteiger partial charge in [0.05, 0.1) is 24.6 Å². The van der Waals surface area contributed by atoms with Gasteiger partial charge in [-0.2, -0.15) is 13.2 Å². The molecule has 0 spiro atoms. The minimum absolute atomic E-state index is 0.260. The Labute approximate surface area is 207 Å². The summed E-state index contributed by atoms with van der Waals surface area (Å²) in [7, 11) is 1.01. The van der Waals surface area contributed by atoms with Gasteiger partial charge in [-0.15, -0.1) is 13.2 Å². The van der Waals surface area contributed by atoms with Crippen molar-refractivity contribution in [2.75, 3.05) is 12.4 Å². The Balaban J connectivity index is 2.08. The van der Waals surface area contributed by atoms with Crippen molar-refractivity contribution in [1.29, 1.82) is 0 Å². The van der Waals surface area contributed by atoms with Gasteiger partial charge < -0.3 is 19.5 Å². The molecule has 1 aromatic heterocycles. The maximum atomic E-state index is 15.0. The number of amides is 1. The maximum absolute atomic E-state index is 15.0. The van der Waals surface area contributed by atoms with Crippen LogP contribution in [0.3, 0.4) is 0 Å². The lowest BCUT2D eigenvalue weighted by Gasteiger charge is -2.18. The molecular formula is C23H14F8N2O5. The monoisotopic (exact) mass is 550 g/mol. The number of ether oxygens (including phenoxy) is 3. The van der Waals surface area contributed by atoms with Gasteiger partial charge >= 0.3 is 12.5 Å². The van der Waals surface area contributed by atoms with Crippen LogP contribution in [-0.2, 0) is 6.18 Å². The molecule has 0 saturated carbocycles. The molecule has 0 saturated heterocycles. The molecule has 1 N–H and O–H groups in total. The third-order valence-electron chi connectivity index (χ3n) is 4.69. The van der Waals surface area contributed by atoms with Crippen LogP contribution in [0.25, 0.3) is 0 Å². The number of rotatable bonds is 7. The van der Waals surface area contributed by atoms with E-state index in [0.717, 1.165) is 38.3 Å². The van der Waals surface area contributed by atoms with Crippen LogP contribution in [-0.4, -0.2) is 30.1 Å². The van der Waals surface area contributed by atoms with Crippen molar-refractivity contribution in [3.63, 3.8) is 0 Å². The van der Waals surface area contributed by atoms with Gasteiger partial charge in [0.1, 0.15) is 22.8 Å². The summed E-state index contributed by atoms with van der Waals surface area (Å²) >= 11 is 0. The molecule has 3 rings (SSSR count). The number of nitrogens with one attached hydrogen (secondary N) is 1. The lowest BCUT2D eigenvalue weighted by molar-refractivity contribution is -0.274. The molecule has 0 aliphatic heterocycles. The lowest BCUT2D eigenvalue weighted by Crippen LogP contribution is -2.20. The maximum Gasteiger partial charge on any atom is 0.573 e. The lowest BCUT2D eigenvalue weighted by atomic mass is 10.1. The van der Waals surface area contributed by atoms with Gasteiger partial charge in [0, 0.05) is 13.0 Å². The largest absolute Gasteiger partial charge is 0.573 e. The summed E-state index contributed by atoms with van der Waals surface area (Å²) in [5.41, 5.74) is -4.22. The molecule has 0 aliphatic rings. The van der Waals surface area contributed by atoms with Crippen molar-refractivity contribution < 1.29 is 58.9 Å². The van der Waals surface area contributed by atoms with Gasteiger partial charge in [0.2, 0.25) is 0 Å². The van der Waals surface area contributed by atoms with Crippen LogP contribution in [0.4, 0.5) is 40.8 Å². The molecule has 7 nitrogen and oxygen atoms in total. The van der Waals surface area contributed by atoms with Crippen LogP contribution in [0.15, 0.2) is 42.6 Å². The minimum Gasteiger partial charge on any atom is -0.493 e. The topological polar surface area (TPSA) is 86.8 Å². The number of pyridine rings is 1. The van der Waals surface area contributed by atoms with Crippen LogP contribution in [0, 0.1) is 11.6 Å². The number of Topliss-reactive ketones (excluding diaryl/α,β-unsaturated/α-hetero) is 1. The highest BCUT2D eigenvalue weighted by molar-refractivity contribution is 6.07. The molecule has 0 radical (unpaired) electrons. The number of aromatic nitrogens is 1. The number of benzene rings is 2. The van der Waals surface area contributed by atoms with Gasteiger partial charge in [-0.25, -0.2) is 13.8 Å². The Kier molecular flexibility index (Phi) is 7.79. The van der Waals surface area contributed by atoms with E-state index < -0.39 is 75.7 Å². The predicted octanol–water partition coefficient (Wildman–Crippen LogP) is 6.53. The Morgan fingerprint density at radius 1 is 0.921 bits per heavy atom. The molecule has 38 heavy (non-hydrogen) atoms. The van der Waals surface area contributed by atoms with Crippen molar-refractivity contribution in [2.45, 2.75) is 19.5 Å². The summed E-state index contributed by atoms with van der Waals surface area (Å²) in [6.07, 6.45) is -9.75. The first-order chi connectivity index (χ1) is 17.6. The highest BCUT2D eigenvalue weighted by Gasteiger charge is 2.38. The zero-order chi connectivity index (χ0) is 28.4. The fourth-order valence-corrected chi connectivity index (χ4v) is 3.03. The fraction of sp³-hybridized carbons (Fsp3) is 0.174. The normalized spacial score (nSPS) is 11.6. The Morgan fingerprint density at radius 2 is 1.58 bits per heavy atom. The SMILES string of the molecule is COc1cc(OC(F)(F)F)ccc1Oc1ccc(C(F)(F)F)c(F)c1C(=O)Nc1cc(C(C)=O)ncc1F. The summed E-state index contributed by atoms with van der Waals surface area (Å²) in [4.78, 5) is 27.9. The summed E-state index contributed by atoms with van der Waals surface area (Å²) < 4.78 is 121. The Hall–Kier alpha value is -4.43. The van der Waals surface area contributed by atoms with E-state index in [-0.39, 0.29) is 11.8 Å². The van der Waals surface area contributed by atoms with E-state index in [1.165, 1.54) is 0 Å². The minimum atomic E-state index is -5.25. The third-order valence-corrected chi connectivity index (χ3v) is 4.69. The van der Waals surface area contributed by atoms with E-state index in [9.17, 15) is 40.3 Å². The quantitative estimate of drug-likeness (QED) is 0.266. The predicted molar refractivity (Wildman–Crippen MR) is 113 cm³/mol. The van der Waals surface area contributed by atoms with Crippen LogP contribution < -0.4 is 19.5 Å². The Bertz CT molecular complexity index is 1390. The van der Waals surface area contributed by atoms with E-state index in [1.807, 2.05) is 5.32 Å². The molecule has 202 valence electrons. The second-order valence-corrected chi connectivity index (χ2v) is 7.32. The van der Waals surface area contributed by atoms with E-state index in [0.29, 0.717) is 12.3 Å².